The number of hydrazine groups is 1. The second kappa shape index (κ2) is 8.25. The number of hydrogen-bond acceptors (Lipinski definition) is 7. The van der Waals surface area contributed by atoms with Crippen molar-refractivity contribution >= 4 is 52.2 Å². The fourth-order valence-corrected chi connectivity index (χ4v) is 2.76. The van der Waals surface area contributed by atoms with E-state index in [2.05, 4.69) is 20.8 Å². The van der Waals surface area contributed by atoms with Gasteiger partial charge in [-0.05, 0) is 36.6 Å². The average Bonchev–Trinajstić information content (AvgIpc) is 3.05. The Morgan fingerprint density at radius 1 is 1.23 bits per heavy atom. The van der Waals surface area contributed by atoms with Crippen LogP contribution in [0.25, 0.3) is 0 Å². The van der Waals surface area contributed by atoms with E-state index in [1.54, 1.807) is 12.1 Å². The summed E-state index contributed by atoms with van der Waals surface area (Å²) in [6, 6.07) is 9.62. The third-order valence-electron chi connectivity index (χ3n) is 3.70. The highest BCUT2D eigenvalue weighted by atomic mass is 32.1. The number of para-hydroxylation sites is 1. The Balaban J connectivity index is 1.62. The van der Waals surface area contributed by atoms with Crippen LogP contribution in [-0.2, 0) is 4.74 Å². The lowest BCUT2D eigenvalue weighted by molar-refractivity contribution is 0.122. The summed E-state index contributed by atoms with van der Waals surface area (Å²) in [6.07, 6.45) is 0. The zero-order chi connectivity index (χ0) is 18.5. The molecule has 0 spiro atoms. The molecule has 9 nitrogen and oxygen atoms in total. The molecule has 0 radical (unpaired) electrons. The van der Waals surface area contributed by atoms with Gasteiger partial charge in [-0.2, -0.15) is 9.67 Å². The fourth-order valence-electron chi connectivity index (χ4n) is 2.33. The Morgan fingerprint density at radius 2 is 1.92 bits per heavy atom. The predicted molar refractivity (Wildman–Crippen MR) is 109 cm³/mol. The van der Waals surface area contributed by atoms with Crippen molar-refractivity contribution in [3.63, 3.8) is 0 Å². The maximum atomic E-state index is 5.96. The monoisotopic (exact) mass is 392 g/mol. The molecule has 11 heteroatoms. The number of hydrogen-bond donors (Lipinski definition) is 3. The number of morpholine rings is 1. The van der Waals surface area contributed by atoms with Crippen LogP contribution in [-0.4, -0.2) is 63.3 Å². The second-order valence-corrected chi connectivity index (χ2v) is 6.33. The Bertz CT molecular complexity index is 775. The molecule has 2 aromatic rings. The van der Waals surface area contributed by atoms with E-state index < -0.39 is 0 Å². The molecular weight excluding hydrogens is 372 g/mol. The third kappa shape index (κ3) is 4.36. The van der Waals surface area contributed by atoms with Gasteiger partial charge in [0.25, 0.3) is 0 Å². The summed E-state index contributed by atoms with van der Waals surface area (Å²) in [5, 5.41) is 9.80. The summed E-state index contributed by atoms with van der Waals surface area (Å²) in [4.78, 5) is 6.29. The maximum absolute atomic E-state index is 5.96. The Kier molecular flexibility index (Phi) is 5.81. The number of anilines is 3. The van der Waals surface area contributed by atoms with Gasteiger partial charge in [-0.15, -0.1) is 5.10 Å². The number of ether oxygens (including phenoxy) is 1. The van der Waals surface area contributed by atoms with Gasteiger partial charge in [0.05, 0.1) is 13.2 Å². The van der Waals surface area contributed by atoms with E-state index in [-0.39, 0.29) is 11.1 Å². The molecule has 1 saturated heterocycles. The number of nitrogens with zero attached hydrogens (tertiary/aromatic N) is 5. The van der Waals surface area contributed by atoms with Gasteiger partial charge in [-0.3, -0.25) is 10.4 Å². The first-order valence-electron chi connectivity index (χ1n) is 8.00. The maximum Gasteiger partial charge on any atom is 0.247 e. The van der Waals surface area contributed by atoms with E-state index in [4.69, 9.17) is 34.9 Å². The molecular formula is C15H20N8OS2. The Labute approximate surface area is 162 Å². The van der Waals surface area contributed by atoms with Crippen LogP contribution < -0.4 is 21.4 Å². The van der Waals surface area contributed by atoms with Gasteiger partial charge in [-0.25, -0.2) is 0 Å². The third-order valence-corrected chi connectivity index (χ3v) is 4.34. The van der Waals surface area contributed by atoms with Crippen LogP contribution in [0.4, 0.5) is 17.6 Å². The largest absolute Gasteiger partial charge is 0.378 e. The van der Waals surface area contributed by atoms with Gasteiger partial charge in [-0.1, -0.05) is 18.2 Å². The smallest absolute Gasteiger partial charge is 0.247 e. The number of thiocarbonyl (C=S) groups is 2. The minimum absolute atomic E-state index is 0.208. The topological polar surface area (TPSA) is 96.5 Å². The van der Waals surface area contributed by atoms with Crippen LogP contribution in [0.1, 0.15) is 0 Å². The van der Waals surface area contributed by atoms with Gasteiger partial charge in [0.15, 0.2) is 5.11 Å². The molecule has 2 heterocycles. The molecule has 26 heavy (non-hydrogen) atoms. The number of nitrogen functional groups attached to an aromatic ring is 1. The molecule has 0 amide bonds. The quantitative estimate of drug-likeness (QED) is 0.500. The van der Waals surface area contributed by atoms with Gasteiger partial charge >= 0.3 is 0 Å². The van der Waals surface area contributed by atoms with Crippen LogP contribution in [0.15, 0.2) is 30.3 Å². The van der Waals surface area contributed by atoms with Crippen LogP contribution in [0, 0.1) is 0 Å². The summed E-state index contributed by atoms with van der Waals surface area (Å²) in [5.41, 5.74) is 9.81. The first kappa shape index (κ1) is 18.3. The number of aromatic nitrogens is 3. The first-order chi connectivity index (χ1) is 12.5. The van der Waals surface area contributed by atoms with Crippen molar-refractivity contribution < 1.29 is 4.74 Å². The normalized spacial score (nSPS) is 14.0. The zero-order valence-electron chi connectivity index (χ0n) is 14.3. The molecule has 0 unspecified atom stereocenters. The van der Waals surface area contributed by atoms with Crippen molar-refractivity contribution in [2.24, 2.45) is 0 Å². The Morgan fingerprint density at radius 3 is 2.62 bits per heavy atom. The van der Waals surface area contributed by atoms with E-state index in [1.165, 1.54) is 4.68 Å². The van der Waals surface area contributed by atoms with Crippen molar-refractivity contribution in [2.45, 2.75) is 0 Å². The van der Waals surface area contributed by atoms with Crippen LogP contribution in [0.2, 0.25) is 0 Å². The summed E-state index contributed by atoms with van der Waals surface area (Å²) < 4.78 is 6.71. The number of rotatable bonds is 2. The molecule has 3 rings (SSSR count). The van der Waals surface area contributed by atoms with Crippen molar-refractivity contribution in [1.29, 1.82) is 0 Å². The van der Waals surface area contributed by atoms with Gasteiger partial charge in [0, 0.05) is 25.8 Å². The molecule has 138 valence electrons. The molecule has 1 fully saturated rings. The summed E-state index contributed by atoms with van der Waals surface area (Å²) in [5.74, 6) is 0.738. The lowest BCUT2D eigenvalue weighted by Gasteiger charge is -2.25. The predicted octanol–water partition coefficient (Wildman–Crippen LogP) is 0.663. The lowest BCUT2D eigenvalue weighted by Crippen LogP contribution is -2.47. The van der Waals surface area contributed by atoms with Gasteiger partial charge < -0.3 is 20.7 Å². The highest BCUT2D eigenvalue weighted by Crippen LogP contribution is 2.12. The molecule has 0 aliphatic carbocycles. The van der Waals surface area contributed by atoms with Crippen molar-refractivity contribution in [3.05, 3.63) is 30.3 Å². The Hall–Kier alpha value is -2.50. The zero-order valence-corrected chi connectivity index (χ0v) is 15.9. The standard InChI is InChI=1S/C15H20N8OS2/c1-21(14(25)17-11-5-3-2-4-6-11)20-15(26)23-12(16)18-13(19-23)22-7-9-24-10-8-22/h2-6H,7-10H2,1H3,(H,17,25)(H,20,26)(H2,16,18,19). The highest BCUT2D eigenvalue weighted by molar-refractivity contribution is 7.80. The van der Waals surface area contributed by atoms with Crippen LogP contribution in [0.5, 0.6) is 0 Å². The molecule has 0 atom stereocenters. The van der Waals surface area contributed by atoms with Crippen molar-refractivity contribution in [3.8, 4) is 0 Å². The molecule has 1 aliphatic heterocycles. The van der Waals surface area contributed by atoms with E-state index >= 15 is 0 Å². The molecule has 4 N–H and O–H groups in total. The van der Waals surface area contributed by atoms with E-state index in [1.807, 2.05) is 35.2 Å². The van der Waals surface area contributed by atoms with Gasteiger partial charge in [0.2, 0.25) is 17.0 Å². The average molecular weight is 393 g/mol. The summed E-state index contributed by atoms with van der Waals surface area (Å²) >= 11 is 10.7. The van der Waals surface area contributed by atoms with Crippen molar-refractivity contribution in [2.75, 3.05) is 49.3 Å². The minimum atomic E-state index is 0.208. The highest BCUT2D eigenvalue weighted by Gasteiger charge is 2.19. The lowest BCUT2D eigenvalue weighted by atomic mass is 10.3. The number of benzene rings is 1. The number of nitrogens with one attached hydrogen (secondary N) is 2. The van der Waals surface area contributed by atoms with E-state index in [9.17, 15) is 0 Å². The minimum Gasteiger partial charge on any atom is -0.378 e. The summed E-state index contributed by atoms with van der Waals surface area (Å²) in [6.45, 7) is 2.71. The molecule has 0 bridgehead atoms. The SMILES string of the molecule is CN(NC(=S)n1nc(N2CCOCC2)nc1N)C(=S)Nc1ccccc1. The summed E-state index contributed by atoms with van der Waals surface area (Å²) in [7, 11) is 1.75. The van der Waals surface area contributed by atoms with Crippen LogP contribution >= 0.6 is 24.4 Å². The first-order valence-corrected chi connectivity index (χ1v) is 8.82. The molecule has 1 aromatic carbocycles. The molecule has 1 aliphatic rings. The van der Waals surface area contributed by atoms with E-state index in [0.29, 0.717) is 37.4 Å². The molecule has 1 aromatic heterocycles. The molecule has 0 saturated carbocycles. The van der Waals surface area contributed by atoms with Crippen LogP contribution in [0.3, 0.4) is 0 Å². The fraction of sp³-hybridized carbons (Fsp3) is 0.333. The van der Waals surface area contributed by atoms with Crippen molar-refractivity contribution in [1.82, 2.24) is 25.2 Å². The van der Waals surface area contributed by atoms with Gasteiger partial charge in [0.1, 0.15) is 0 Å². The van der Waals surface area contributed by atoms with E-state index in [0.717, 1.165) is 5.69 Å². The second-order valence-electron chi connectivity index (χ2n) is 5.55. The number of nitrogens with two attached hydrogens (primary N) is 1.